The van der Waals surface area contributed by atoms with Crippen molar-refractivity contribution >= 4 is 34.5 Å². The predicted molar refractivity (Wildman–Crippen MR) is 178 cm³/mol. The molecule has 240 valence electrons. The number of ketones is 2. The van der Waals surface area contributed by atoms with Gasteiger partial charge in [-0.3, -0.25) is 19.4 Å². The van der Waals surface area contributed by atoms with Gasteiger partial charge in [0.25, 0.3) is 0 Å². The summed E-state index contributed by atoms with van der Waals surface area (Å²) < 4.78 is 19.7. The Hall–Kier alpha value is -4.63. The van der Waals surface area contributed by atoms with Crippen LogP contribution < -0.4 is 15.4 Å². The number of aliphatic imine (C=N–C) groups is 1. The standard InChI is InChI=1S/C37H40FN3O5/c1-22-17-26(13-14-27(22)36(43)23(2)18-33(42)25-9-8-16-39-32(20-25)37(44)45)41-31-11-7-5-4-6-10-28-29(21-40-35(28)31)24-12-15-34(46-3)30(38)19-24/h4-5,9,11-15,17,19,21,23,28,32,39,41H,6-8,10,16,18,20H2,1-3H3,(H,44,45)/b5-4-,31-11-. The lowest BCUT2D eigenvalue weighted by Crippen LogP contribution is -2.36. The molecule has 8 nitrogen and oxygen atoms in total. The molecule has 0 fully saturated rings. The maximum Gasteiger partial charge on any atom is 0.321 e. The van der Waals surface area contributed by atoms with Crippen LogP contribution in [0, 0.1) is 24.6 Å². The molecule has 0 spiro atoms. The van der Waals surface area contributed by atoms with Crippen LogP contribution in [-0.2, 0) is 9.59 Å². The topological polar surface area (TPSA) is 117 Å². The number of Topliss-reactive ketones (excluding diaryl/α,β-unsaturated/α-hetero) is 2. The van der Waals surface area contributed by atoms with Crippen molar-refractivity contribution in [3.05, 3.63) is 101 Å². The van der Waals surface area contributed by atoms with Crippen LogP contribution in [-0.4, -0.2) is 48.1 Å². The molecule has 2 heterocycles. The lowest BCUT2D eigenvalue weighted by Gasteiger charge is -2.21. The van der Waals surface area contributed by atoms with Gasteiger partial charge in [-0.2, -0.15) is 0 Å². The van der Waals surface area contributed by atoms with Crippen molar-refractivity contribution in [1.82, 2.24) is 5.32 Å². The molecule has 2 aliphatic heterocycles. The number of nitrogens with zero attached hydrogens (tertiary/aromatic N) is 1. The number of ether oxygens (including phenoxy) is 1. The molecule has 0 bridgehead atoms. The maximum atomic E-state index is 14.6. The van der Waals surface area contributed by atoms with Crippen molar-refractivity contribution in [3.63, 3.8) is 0 Å². The van der Waals surface area contributed by atoms with Crippen LogP contribution in [0.2, 0.25) is 0 Å². The van der Waals surface area contributed by atoms with E-state index in [9.17, 15) is 23.9 Å². The monoisotopic (exact) mass is 625 g/mol. The molecule has 1 aliphatic carbocycles. The highest BCUT2D eigenvalue weighted by molar-refractivity contribution is 6.12. The highest BCUT2D eigenvalue weighted by atomic mass is 19.1. The summed E-state index contributed by atoms with van der Waals surface area (Å²) in [6.07, 6.45) is 13.1. The van der Waals surface area contributed by atoms with E-state index in [-0.39, 0.29) is 36.1 Å². The first-order chi connectivity index (χ1) is 22.2. The molecule has 2 aromatic carbocycles. The summed E-state index contributed by atoms with van der Waals surface area (Å²) in [6.45, 7) is 4.10. The lowest BCUT2D eigenvalue weighted by molar-refractivity contribution is -0.139. The lowest BCUT2D eigenvalue weighted by atomic mass is 9.86. The number of nitrogens with one attached hydrogen (secondary N) is 2. The predicted octanol–water partition coefficient (Wildman–Crippen LogP) is 6.83. The summed E-state index contributed by atoms with van der Waals surface area (Å²) in [5.74, 6) is -2.12. The Morgan fingerprint density at radius 1 is 1.13 bits per heavy atom. The van der Waals surface area contributed by atoms with Crippen LogP contribution >= 0.6 is 0 Å². The molecule has 3 aliphatic rings. The van der Waals surface area contributed by atoms with E-state index in [0.717, 1.165) is 53.1 Å². The molecule has 0 radical (unpaired) electrons. The molecular weight excluding hydrogens is 585 g/mol. The Morgan fingerprint density at radius 3 is 2.70 bits per heavy atom. The molecule has 0 saturated carbocycles. The number of halogens is 1. The van der Waals surface area contributed by atoms with Crippen LogP contribution in [0.3, 0.4) is 0 Å². The summed E-state index contributed by atoms with van der Waals surface area (Å²) in [7, 11) is 1.45. The fraction of sp³-hybridized carbons (Fsp3) is 0.351. The van der Waals surface area contributed by atoms with Gasteiger partial charge in [0.2, 0.25) is 0 Å². The zero-order valence-electron chi connectivity index (χ0n) is 26.4. The number of benzene rings is 2. The first-order valence-corrected chi connectivity index (χ1v) is 15.7. The number of rotatable bonds is 10. The second-order valence-electron chi connectivity index (χ2n) is 12.0. The van der Waals surface area contributed by atoms with E-state index in [2.05, 4.69) is 28.9 Å². The average Bonchev–Trinajstić information content (AvgIpc) is 3.32. The molecule has 2 aromatic rings. The van der Waals surface area contributed by atoms with Gasteiger partial charge in [0.05, 0.1) is 18.5 Å². The molecule has 5 rings (SSSR count). The van der Waals surface area contributed by atoms with Crippen molar-refractivity contribution < 1.29 is 28.6 Å². The van der Waals surface area contributed by atoms with Crippen molar-refractivity contribution in [2.45, 2.75) is 58.4 Å². The van der Waals surface area contributed by atoms with Gasteiger partial charge in [0.1, 0.15) is 6.04 Å². The fourth-order valence-corrected chi connectivity index (χ4v) is 6.24. The number of hydrogen-bond donors (Lipinski definition) is 3. The van der Waals surface area contributed by atoms with Crippen molar-refractivity contribution in [3.8, 4) is 5.75 Å². The number of hydrogen-bond acceptors (Lipinski definition) is 7. The van der Waals surface area contributed by atoms with Gasteiger partial charge in [0, 0.05) is 42.1 Å². The van der Waals surface area contributed by atoms with Crippen LogP contribution in [0.4, 0.5) is 10.1 Å². The Bertz CT molecular complexity index is 1690. The second-order valence-corrected chi connectivity index (χ2v) is 12.0. The van der Waals surface area contributed by atoms with Gasteiger partial charge in [-0.15, -0.1) is 0 Å². The van der Waals surface area contributed by atoms with Crippen molar-refractivity contribution in [1.29, 1.82) is 0 Å². The first-order valence-electron chi connectivity index (χ1n) is 15.7. The number of fused-ring (bicyclic) bond motifs is 1. The van der Waals surface area contributed by atoms with Gasteiger partial charge in [-0.1, -0.05) is 37.3 Å². The highest BCUT2D eigenvalue weighted by Gasteiger charge is 2.30. The molecule has 3 atom stereocenters. The molecule has 9 heteroatoms. The zero-order chi connectivity index (χ0) is 32.8. The molecule has 0 aromatic heterocycles. The number of carbonyl (C=O) groups excluding carboxylic acids is 2. The Kier molecular flexibility index (Phi) is 10.4. The fourth-order valence-electron chi connectivity index (χ4n) is 6.24. The summed E-state index contributed by atoms with van der Waals surface area (Å²) in [4.78, 5) is 42.8. The van der Waals surface area contributed by atoms with E-state index >= 15 is 0 Å². The zero-order valence-corrected chi connectivity index (χ0v) is 26.4. The van der Waals surface area contributed by atoms with Gasteiger partial charge in [-0.25, -0.2) is 4.39 Å². The Balaban J connectivity index is 1.29. The van der Waals surface area contributed by atoms with E-state index in [1.54, 1.807) is 25.1 Å². The van der Waals surface area contributed by atoms with Gasteiger partial charge in [0.15, 0.2) is 23.1 Å². The number of carbonyl (C=O) groups is 3. The van der Waals surface area contributed by atoms with E-state index < -0.39 is 23.7 Å². The van der Waals surface area contributed by atoms with Gasteiger partial charge < -0.3 is 20.5 Å². The second kappa shape index (κ2) is 14.6. The highest BCUT2D eigenvalue weighted by Crippen LogP contribution is 2.37. The molecule has 46 heavy (non-hydrogen) atoms. The average molecular weight is 626 g/mol. The number of methoxy groups -OCH3 is 1. The van der Waals surface area contributed by atoms with E-state index in [1.165, 1.54) is 13.2 Å². The van der Waals surface area contributed by atoms with E-state index in [1.807, 2.05) is 31.3 Å². The van der Waals surface area contributed by atoms with Crippen LogP contribution in [0.5, 0.6) is 5.75 Å². The van der Waals surface area contributed by atoms with Crippen LogP contribution in [0.25, 0.3) is 5.57 Å². The third kappa shape index (κ3) is 7.42. The first kappa shape index (κ1) is 32.8. The van der Waals surface area contributed by atoms with Gasteiger partial charge in [-0.05, 0) is 91.8 Å². The number of anilines is 1. The third-order valence-corrected chi connectivity index (χ3v) is 8.77. The van der Waals surface area contributed by atoms with Crippen LogP contribution in [0.1, 0.15) is 66.9 Å². The van der Waals surface area contributed by atoms with Crippen LogP contribution in [0.15, 0.2) is 83.2 Å². The largest absolute Gasteiger partial charge is 0.494 e. The SMILES string of the molecule is COc1ccc(C2=CN=C3/C(Nc4ccc(C(=O)C(C)CC(=O)C5=CCCNC(C(=O)O)C5)c(C)c4)=C/C/C=C\CCC23)cc1F. The van der Waals surface area contributed by atoms with Crippen molar-refractivity contribution in [2.24, 2.45) is 16.8 Å². The number of aryl methyl sites for hydroxylation is 1. The maximum absolute atomic E-state index is 14.6. The number of allylic oxidation sites excluding steroid dienone is 5. The van der Waals surface area contributed by atoms with Crippen molar-refractivity contribution in [2.75, 3.05) is 19.0 Å². The summed E-state index contributed by atoms with van der Waals surface area (Å²) in [5, 5.41) is 15.9. The molecule has 3 unspecified atom stereocenters. The summed E-state index contributed by atoms with van der Waals surface area (Å²) in [6, 6.07) is 9.73. The van der Waals surface area contributed by atoms with E-state index in [0.29, 0.717) is 24.1 Å². The Labute approximate surface area is 268 Å². The molecule has 3 N–H and O–H groups in total. The minimum atomic E-state index is -0.990. The smallest absolute Gasteiger partial charge is 0.321 e. The Morgan fingerprint density at radius 2 is 1.96 bits per heavy atom. The quantitative estimate of drug-likeness (QED) is 0.196. The summed E-state index contributed by atoms with van der Waals surface area (Å²) in [5.41, 5.74) is 6.05. The molecular formula is C37H40FN3O5. The van der Waals surface area contributed by atoms with Gasteiger partial charge >= 0.3 is 5.97 Å². The third-order valence-electron chi connectivity index (χ3n) is 8.77. The number of carboxylic acid groups (broad SMARTS) is 1. The summed E-state index contributed by atoms with van der Waals surface area (Å²) >= 11 is 0. The minimum Gasteiger partial charge on any atom is -0.494 e. The van der Waals surface area contributed by atoms with E-state index in [4.69, 9.17) is 9.73 Å². The number of carboxylic acids is 1. The molecule has 0 saturated heterocycles. The number of aliphatic carboxylic acids is 1. The molecule has 0 amide bonds. The normalized spacial score (nSPS) is 22.2. The minimum absolute atomic E-state index is 0.0193.